The van der Waals surface area contributed by atoms with Gasteiger partial charge in [-0.05, 0) is 44.2 Å². The summed E-state index contributed by atoms with van der Waals surface area (Å²) in [4.78, 5) is 12.2. The van der Waals surface area contributed by atoms with E-state index in [9.17, 15) is 4.39 Å². The Morgan fingerprint density at radius 1 is 1.26 bits per heavy atom. The molecule has 0 radical (unpaired) electrons. The summed E-state index contributed by atoms with van der Waals surface area (Å²) in [6.45, 7) is 7.06. The van der Waals surface area contributed by atoms with Crippen LogP contribution in [0.25, 0.3) is 0 Å². The van der Waals surface area contributed by atoms with Crippen molar-refractivity contribution < 1.29 is 4.39 Å². The molecule has 6 heteroatoms. The zero-order valence-electron chi connectivity index (χ0n) is 13.9. The van der Waals surface area contributed by atoms with Crippen LogP contribution in [0.15, 0.2) is 18.2 Å². The minimum absolute atomic E-state index is 0.0262. The average molecular weight is 315 g/mol. The first-order chi connectivity index (χ1) is 10.7. The van der Waals surface area contributed by atoms with Crippen LogP contribution in [0.1, 0.15) is 49.3 Å². The minimum atomic E-state index is -1.66. The zero-order chi connectivity index (χ0) is 16.8. The molecule has 3 rings (SSSR count). The van der Waals surface area contributed by atoms with Crippen molar-refractivity contribution in [3.8, 4) is 0 Å². The molecule has 0 aliphatic heterocycles. The number of rotatable bonds is 3. The second-order valence-corrected chi connectivity index (χ2v) is 6.82. The maximum absolute atomic E-state index is 14.1. The predicted molar refractivity (Wildman–Crippen MR) is 88.8 cm³/mol. The van der Waals surface area contributed by atoms with Gasteiger partial charge in [-0.1, -0.05) is 30.7 Å². The first-order valence-electron chi connectivity index (χ1n) is 7.81. The van der Waals surface area contributed by atoms with Crippen LogP contribution in [0.4, 0.5) is 16.3 Å². The average Bonchev–Trinajstić information content (AvgIpc) is 2.73. The third-order valence-corrected chi connectivity index (χ3v) is 4.22. The number of anilines is 2. The zero-order valence-corrected chi connectivity index (χ0v) is 13.9. The van der Waals surface area contributed by atoms with Gasteiger partial charge in [0.25, 0.3) is 0 Å². The molecule has 122 valence electrons. The molecule has 0 spiro atoms. The number of nitrogens with zero attached hydrogens (tertiary/aromatic N) is 3. The minimum Gasteiger partial charge on any atom is -0.368 e. The summed E-state index contributed by atoms with van der Waals surface area (Å²) >= 11 is 0. The molecule has 0 saturated heterocycles. The molecular weight excluding hydrogens is 293 g/mol. The van der Waals surface area contributed by atoms with Crippen LogP contribution >= 0.6 is 0 Å². The molecule has 0 saturated carbocycles. The van der Waals surface area contributed by atoms with Gasteiger partial charge in [0.1, 0.15) is 0 Å². The topological polar surface area (TPSA) is 76.7 Å². The fourth-order valence-corrected chi connectivity index (χ4v) is 3.04. The van der Waals surface area contributed by atoms with Gasteiger partial charge in [0.05, 0.1) is 6.04 Å². The van der Waals surface area contributed by atoms with E-state index >= 15 is 0 Å². The summed E-state index contributed by atoms with van der Waals surface area (Å²) in [6.07, 6.45) is 0.995. The van der Waals surface area contributed by atoms with Gasteiger partial charge in [0.15, 0.2) is 11.5 Å². The first-order valence-corrected chi connectivity index (χ1v) is 7.81. The molecular formula is C17H22FN5. The van der Waals surface area contributed by atoms with Crippen LogP contribution in [0.5, 0.6) is 0 Å². The standard InChI is InChI=1S/C17H22FN5/c1-9-5-6-11-8-10(2)13(12(11)7-9)20-16-22-14(17(3,4)18)21-15(19)23-16/h5-7,10,13H,8H2,1-4H3,(H3,19,20,21,22,23). The molecule has 1 aromatic carbocycles. The Morgan fingerprint density at radius 3 is 2.70 bits per heavy atom. The van der Waals surface area contributed by atoms with E-state index in [1.165, 1.54) is 30.5 Å². The van der Waals surface area contributed by atoms with Crippen LogP contribution in [-0.2, 0) is 12.1 Å². The van der Waals surface area contributed by atoms with Gasteiger partial charge in [-0.25, -0.2) is 4.39 Å². The molecule has 0 fully saturated rings. The van der Waals surface area contributed by atoms with Crippen molar-refractivity contribution in [2.75, 3.05) is 11.1 Å². The summed E-state index contributed by atoms with van der Waals surface area (Å²) in [5.41, 5.74) is 7.84. The van der Waals surface area contributed by atoms with Crippen LogP contribution in [0.2, 0.25) is 0 Å². The van der Waals surface area contributed by atoms with E-state index in [2.05, 4.69) is 52.3 Å². The number of halogens is 1. The number of hydrogen-bond acceptors (Lipinski definition) is 5. The molecule has 2 atom stereocenters. The molecule has 2 aromatic rings. The second kappa shape index (κ2) is 5.44. The van der Waals surface area contributed by atoms with Crippen LogP contribution < -0.4 is 11.1 Å². The highest BCUT2D eigenvalue weighted by molar-refractivity contribution is 5.44. The lowest BCUT2D eigenvalue weighted by Crippen LogP contribution is -2.21. The van der Waals surface area contributed by atoms with Gasteiger partial charge >= 0.3 is 0 Å². The van der Waals surface area contributed by atoms with E-state index < -0.39 is 5.67 Å². The highest BCUT2D eigenvalue weighted by atomic mass is 19.1. The van der Waals surface area contributed by atoms with Crippen LogP contribution in [0, 0.1) is 12.8 Å². The summed E-state index contributed by atoms with van der Waals surface area (Å²) in [5, 5.41) is 3.32. The van der Waals surface area contributed by atoms with Crippen molar-refractivity contribution in [2.24, 2.45) is 5.92 Å². The van der Waals surface area contributed by atoms with Gasteiger partial charge in [0.2, 0.25) is 11.9 Å². The van der Waals surface area contributed by atoms with Gasteiger partial charge in [-0.2, -0.15) is 15.0 Å². The molecule has 3 N–H and O–H groups in total. The lowest BCUT2D eigenvalue weighted by atomic mass is 10.0. The Kier molecular flexibility index (Phi) is 3.70. The van der Waals surface area contributed by atoms with E-state index in [0.29, 0.717) is 11.9 Å². The summed E-state index contributed by atoms with van der Waals surface area (Å²) in [7, 11) is 0. The third-order valence-electron chi connectivity index (χ3n) is 4.22. The Morgan fingerprint density at radius 2 is 2.00 bits per heavy atom. The highest BCUT2D eigenvalue weighted by Gasteiger charge is 2.31. The summed E-state index contributed by atoms with van der Waals surface area (Å²) in [5.74, 6) is 0.789. The Labute approximate surface area is 135 Å². The second-order valence-electron chi connectivity index (χ2n) is 6.82. The van der Waals surface area contributed by atoms with Crippen molar-refractivity contribution in [3.63, 3.8) is 0 Å². The maximum atomic E-state index is 14.1. The molecule has 1 aliphatic carbocycles. The van der Waals surface area contributed by atoms with E-state index in [1.54, 1.807) is 0 Å². The van der Waals surface area contributed by atoms with Crippen molar-refractivity contribution in [1.82, 2.24) is 15.0 Å². The van der Waals surface area contributed by atoms with E-state index in [1.807, 2.05) is 0 Å². The third kappa shape index (κ3) is 3.11. The number of aryl methyl sites for hydroxylation is 1. The number of alkyl halides is 1. The number of nitrogens with two attached hydrogens (primary N) is 1. The number of nitrogens with one attached hydrogen (secondary N) is 1. The van der Waals surface area contributed by atoms with Crippen LogP contribution in [-0.4, -0.2) is 15.0 Å². The lowest BCUT2D eigenvalue weighted by Gasteiger charge is -2.20. The number of fused-ring (bicyclic) bond motifs is 1. The predicted octanol–water partition coefficient (Wildman–Crippen LogP) is 3.31. The number of hydrogen-bond donors (Lipinski definition) is 2. The SMILES string of the molecule is Cc1ccc2c(c1)C(Nc1nc(N)nc(C(C)(C)F)n1)C(C)C2. The number of aromatic nitrogens is 3. The number of benzene rings is 1. The molecule has 0 bridgehead atoms. The molecule has 5 nitrogen and oxygen atoms in total. The molecule has 0 amide bonds. The largest absolute Gasteiger partial charge is 0.368 e. The molecule has 23 heavy (non-hydrogen) atoms. The number of nitrogen functional groups attached to an aromatic ring is 1. The van der Waals surface area contributed by atoms with Crippen LogP contribution in [0.3, 0.4) is 0 Å². The van der Waals surface area contributed by atoms with Gasteiger partial charge in [-0.3, -0.25) is 0 Å². The first kappa shape index (κ1) is 15.6. The fraction of sp³-hybridized carbons (Fsp3) is 0.471. The van der Waals surface area contributed by atoms with Gasteiger partial charge in [-0.15, -0.1) is 0 Å². The van der Waals surface area contributed by atoms with E-state index in [-0.39, 0.29) is 17.8 Å². The van der Waals surface area contributed by atoms with Gasteiger partial charge in [0, 0.05) is 0 Å². The van der Waals surface area contributed by atoms with Gasteiger partial charge < -0.3 is 11.1 Å². The Balaban J connectivity index is 1.94. The quantitative estimate of drug-likeness (QED) is 0.908. The Bertz CT molecular complexity index is 738. The molecule has 2 unspecified atom stereocenters. The summed E-state index contributed by atoms with van der Waals surface area (Å²) < 4.78 is 14.1. The fourth-order valence-electron chi connectivity index (χ4n) is 3.04. The van der Waals surface area contributed by atoms with Crippen molar-refractivity contribution in [2.45, 2.75) is 45.8 Å². The molecule has 1 aromatic heterocycles. The van der Waals surface area contributed by atoms with Crippen molar-refractivity contribution in [1.29, 1.82) is 0 Å². The van der Waals surface area contributed by atoms with Crippen molar-refractivity contribution in [3.05, 3.63) is 40.7 Å². The summed E-state index contributed by atoms with van der Waals surface area (Å²) in [6, 6.07) is 6.56. The smallest absolute Gasteiger partial charge is 0.228 e. The van der Waals surface area contributed by atoms with E-state index in [0.717, 1.165) is 6.42 Å². The normalized spacial score (nSPS) is 20.4. The lowest BCUT2D eigenvalue weighted by molar-refractivity contribution is 0.206. The monoisotopic (exact) mass is 315 g/mol. The maximum Gasteiger partial charge on any atom is 0.228 e. The molecule has 1 heterocycles. The highest BCUT2D eigenvalue weighted by Crippen LogP contribution is 2.38. The Hall–Kier alpha value is -2.24. The van der Waals surface area contributed by atoms with Crippen molar-refractivity contribution >= 4 is 11.9 Å². The molecule has 1 aliphatic rings. The van der Waals surface area contributed by atoms with E-state index in [4.69, 9.17) is 5.73 Å².